The number of nitrogens with zero attached hydrogens (tertiary/aromatic N) is 1. The van der Waals surface area contributed by atoms with Crippen molar-refractivity contribution < 1.29 is 4.79 Å². The fourth-order valence-electron chi connectivity index (χ4n) is 2.05. The van der Waals surface area contributed by atoms with Gasteiger partial charge in [0.15, 0.2) is 0 Å². The van der Waals surface area contributed by atoms with Crippen molar-refractivity contribution in [3.05, 3.63) is 0 Å². The predicted molar refractivity (Wildman–Crippen MR) is 50.2 cm³/mol. The second-order valence-electron chi connectivity index (χ2n) is 3.76. The Labute approximate surface area is 78.7 Å². The van der Waals surface area contributed by atoms with Gasteiger partial charge in [0, 0.05) is 32.6 Å². The normalized spacial score (nSPS) is 31.4. The van der Waals surface area contributed by atoms with Crippen molar-refractivity contribution in [2.24, 2.45) is 0 Å². The van der Waals surface area contributed by atoms with E-state index in [0.717, 1.165) is 39.0 Å². The van der Waals surface area contributed by atoms with Crippen LogP contribution in [0.15, 0.2) is 0 Å². The molecule has 2 aliphatic heterocycles. The third-order valence-corrected chi connectivity index (χ3v) is 2.80. The molecule has 2 saturated heterocycles. The molecule has 0 aromatic rings. The molecule has 4 nitrogen and oxygen atoms in total. The second kappa shape index (κ2) is 4.07. The van der Waals surface area contributed by atoms with Crippen LogP contribution in [0.5, 0.6) is 0 Å². The van der Waals surface area contributed by atoms with E-state index in [1.165, 1.54) is 0 Å². The maximum Gasteiger partial charge on any atom is 0.221 e. The van der Waals surface area contributed by atoms with Crippen LogP contribution in [0.25, 0.3) is 0 Å². The monoisotopic (exact) mass is 183 g/mol. The SMILES string of the molecule is O=C1CCCC(N2CCNCC2)N1. The first-order chi connectivity index (χ1) is 6.36. The summed E-state index contributed by atoms with van der Waals surface area (Å²) in [6, 6.07) is 0. The van der Waals surface area contributed by atoms with Crippen LogP contribution in [0, 0.1) is 0 Å². The Balaban J connectivity index is 1.87. The first-order valence-corrected chi connectivity index (χ1v) is 5.10. The molecule has 0 aromatic heterocycles. The molecule has 2 aliphatic rings. The molecule has 2 heterocycles. The Morgan fingerprint density at radius 2 is 2.08 bits per heavy atom. The van der Waals surface area contributed by atoms with Gasteiger partial charge in [0.05, 0.1) is 6.17 Å². The van der Waals surface area contributed by atoms with Gasteiger partial charge in [0.2, 0.25) is 5.91 Å². The molecule has 2 fully saturated rings. The van der Waals surface area contributed by atoms with Crippen molar-refractivity contribution in [2.75, 3.05) is 26.2 Å². The molecule has 0 aliphatic carbocycles. The van der Waals surface area contributed by atoms with Crippen LogP contribution in [0.4, 0.5) is 0 Å². The number of carbonyl (C=O) groups excluding carboxylic acids is 1. The van der Waals surface area contributed by atoms with E-state index >= 15 is 0 Å². The lowest BCUT2D eigenvalue weighted by Gasteiger charge is -2.37. The highest BCUT2D eigenvalue weighted by Gasteiger charge is 2.24. The lowest BCUT2D eigenvalue weighted by Crippen LogP contribution is -2.56. The maximum atomic E-state index is 11.2. The zero-order chi connectivity index (χ0) is 9.10. The van der Waals surface area contributed by atoms with Crippen molar-refractivity contribution >= 4 is 5.91 Å². The van der Waals surface area contributed by atoms with Gasteiger partial charge < -0.3 is 10.6 Å². The Morgan fingerprint density at radius 3 is 2.77 bits per heavy atom. The van der Waals surface area contributed by atoms with Gasteiger partial charge >= 0.3 is 0 Å². The van der Waals surface area contributed by atoms with Gasteiger partial charge in [-0.05, 0) is 12.8 Å². The highest BCUT2D eigenvalue weighted by atomic mass is 16.1. The van der Waals surface area contributed by atoms with Crippen LogP contribution in [-0.4, -0.2) is 43.2 Å². The number of hydrogen-bond donors (Lipinski definition) is 2. The number of piperidine rings is 1. The highest BCUT2D eigenvalue weighted by molar-refractivity contribution is 5.76. The van der Waals surface area contributed by atoms with E-state index in [9.17, 15) is 4.79 Å². The van der Waals surface area contributed by atoms with Crippen molar-refractivity contribution in [2.45, 2.75) is 25.4 Å². The number of piperazine rings is 1. The molecule has 0 saturated carbocycles. The van der Waals surface area contributed by atoms with E-state index in [2.05, 4.69) is 15.5 Å². The molecule has 2 rings (SSSR count). The summed E-state index contributed by atoms with van der Waals surface area (Å²) in [4.78, 5) is 13.5. The van der Waals surface area contributed by atoms with Crippen molar-refractivity contribution in [1.82, 2.24) is 15.5 Å². The lowest BCUT2D eigenvalue weighted by atomic mass is 10.1. The highest BCUT2D eigenvalue weighted by Crippen LogP contribution is 2.12. The minimum absolute atomic E-state index is 0.217. The van der Waals surface area contributed by atoms with Crippen LogP contribution in [0.1, 0.15) is 19.3 Å². The molecule has 1 unspecified atom stereocenters. The zero-order valence-corrected chi connectivity index (χ0v) is 7.88. The molecular formula is C9H17N3O. The number of carbonyl (C=O) groups is 1. The fraction of sp³-hybridized carbons (Fsp3) is 0.889. The number of rotatable bonds is 1. The van der Waals surface area contributed by atoms with Gasteiger partial charge in [-0.2, -0.15) is 0 Å². The molecule has 0 aromatic carbocycles. The Kier molecular flexibility index (Phi) is 2.80. The van der Waals surface area contributed by atoms with E-state index in [4.69, 9.17) is 0 Å². The summed E-state index contributed by atoms with van der Waals surface area (Å²) in [6.07, 6.45) is 3.18. The van der Waals surface area contributed by atoms with Crippen LogP contribution in [0.2, 0.25) is 0 Å². The summed E-state index contributed by atoms with van der Waals surface area (Å²) in [6.45, 7) is 4.22. The minimum Gasteiger partial charge on any atom is -0.341 e. The molecule has 0 bridgehead atoms. The summed E-state index contributed by atoms with van der Waals surface area (Å²) < 4.78 is 0. The average molecular weight is 183 g/mol. The van der Waals surface area contributed by atoms with Gasteiger partial charge in [0.25, 0.3) is 0 Å². The molecule has 13 heavy (non-hydrogen) atoms. The third kappa shape index (κ3) is 2.19. The molecular weight excluding hydrogens is 166 g/mol. The van der Waals surface area contributed by atoms with Crippen molar-refractivity contribution in [3.63, 3.8) is 0 Å². The molecule has 1 amide bonds. The standard InChI is InChI=1S/C9H17N3O/c13-9-3-1-2-8(11-9)12-6-4-10-5-7-12/h8,10H,1-7H2,(H,11,13). The molecule has 4 heteroatoms. The van der Waals surface area contributed by atoms with Gasteiger partial charge in [-0.1, -0.05) is 0 Å². The summed E-state index contributed by atoms with van der Waals surface area (Å²) in [5.74, 6) is 0.217. The second-order valence-corrected chi connectivity index (χ2v) is 3.76. The van der Waals surface area contributed by atoms with Crippen molar-refractivity contribution in [1.29, 1.82) is 0 Å². The van der Waals surface area contributed by atoms with Crippen LogP contribution in [0.3, 0.4) is 0 Å². The van der Waals surface area contributed by atoms with Gasteiger partial charge in [-0.15, -0.1) is 0 Å². The van der Waals surface area contributed by atoms with Gasteiger partial charge in [-0.25, -0.2) is 0 Å². The third-order valence-electron chi connectivity index (χ3n) is 2.80. The zero-order valence-electron chi connectivity index (χ0n) is 7.88. The van der Waals surface area contributed by atoms with E-state index in [-0.39, 0.29) is 5.91 Å². The minimum atomic E-state index is 0.217. The van der Waals surface area contributed by atoms with Gasteiger partial charge in [0.1, 0.15) is 0 Å². The number of nitrogens with one attached hydrogen (secondary N) is 2. The number of amides is 1. The smallest absolute Gasteiger partial charge is 0.221 e. The summed E-state index contributed by atoms with van der Waals surface area (Å²) >= 11 is 0. The quantitative estimate of drug-likeness (QED) is 0.577. The Hall–Kier alpha value is -0.610. The molecule has 0 spiro atoms. The molecule has 2 N–H and O–H groups in total. The summed E-state index contributed by atoms with van der Waals surface area (Å²) in [7, 11) is 0. The Bertz CT molecular complexity index is 189. The van der Waals surface area contributed by atoms with E-state index < -0.39 is 0 Å². The maximum absolute atomic E-state index is 11.2. The van der Waals surface area contributed by atoms with E-state index in [1.807, 2.05) is 0 Å². The van der Waals surface area contributed by atoms with E-state index in [1.54, 1.807) is 0 Å². The Morgan fingerprint density at radius 1 is 1.31 bits per heavy atom. The summed E-state index contributed by atoms with van der Waals surface area (Å²) in [5.41, 5.74) is 0. The van der Waals surface area contributed by atoms with Gasteiger partial charge in [-0.3, -0.25) is 9.69 Å². The molecule has 0 radical (unpaired) electrons. The van der Waals surface area contributed by atoms with Crippen LogP contribution in [-0.2, 0) is 4.79 Å². The number of hydrogen-bond acceptors (Lipinski definition) is 3. The average Bonchev–Trinajstić information content (AvgIpc) is 2.19. The lowest BCUT2D eigenvalue weighted by molar-refractivity contribution is -0.125. The first kappa shape index (κ1) is 8.97. The fourth-order valence-corrected chi connectivity index (χ4v) is 2.05. The predicted octanol–water partition coefficient (Wildman–Crippen LogP) is -0.482. The van der Waals surface area contributed by atoms with E-state index in [0.29, 0.717) is 12.6 Å². The van der Waals surface area contributed by atoms with Crippen LogP contribution < -0.4 is 10.6 Å². The van der Waals surface area contributed by atoms with Crippen LogP contribution >= 0.6 is 0 Å². The first-order valence-electron chi connectivity index (χ1n) is 5.10. The molecule has 1 atom stereocenters. The topological polar surface area (TPSA) is 44.4 Å². The molecule has 74 valence electrons. The summed E-state index contributed by atoms with van der Waals surface area (Å²) in [5, 5.41) is 6.36. The van der Waals surface area contributed by atoms with Crippen molar-refractivity contribution in [3.8, 4) is 0 Å². The largest absolute Gasteiger partial charge is 0.341 e.